The van der Waals surface area contributed by atoms with Crippen LogP contribution in [0.5, 0.6) is 0 Å². The molecule has 0 unspecified atom stereocenters. The highest BCUT2D eigenvalue weighted by Crippen LogP contribution is 2.14. The Labute approximate surface area is 86.9 Å². The molecule has 0 aromatic carbocycles. The Kier molecular flexibility index (Phi) is 2.37. The van der Waals surface area contributed by atoms with Crippen molar-refractivity contribution in [3.05, 3.63) is 29.7 Å². The molecule has 2 aromatic rings. The van der Waals surface area contributed by atoms with Crippen LogP contribution in [0.3, 0.4) is 0 Å². The van der Waals surface area contributed by atoms with Crippen LogP contribution in [-0.2, 0) is 6.42 Å². The highest BCUT2D eigenvalue weighted by atomic mass is 16.1. The number of carbonyl (C=O) groups is 1. The van der Waals surface area contributed by atoms with Crippen LogP contribution in [0.25, 0.3) is 5.65 Å². The smallest absolute Gasteiger partial charge is 0.269 e. The van der Waals surface area contributed by atoms with Crippen molar-refractivity contribution >= 4 is 11.6 Å². The second kappa shape index (κ2) is 3.68. The number of nitrogens with two attached hydrogens (primary N) is 1. The fourth-order valence-electron chi connectivity index (χ4n) is 1.61. The summed E-state index contributed by atoms with van der Waals surface area (Å²) in [5.74, 6) is -0.496. The Morgan fingerprint density at radius 3 is 3.07 bits per heavy atom. The third kappa shape index (κ3) is 1.56. The van der Waals surface area contributed by atoms with Crippen LogP contribution in [0.15, 0.2) is 18.5 Å². The first-order chi connectivity index (χ1) is 7.24. The summed E-state index contributed by atoms with van der Waals surface area (Å²) in [5.41, 5.74) is 7.15. The lowest BCUT2D eigenvalue weighted by Gasteiger charge is -1.96. The molecule has 0 atom stereocenters. The van der Waals surface area contributed by atoms with Crippen molar-refractivity contribution in [2.45, 2.75) is 19.8 Å². The first kappa shape index (κ1) is 9.64. The molecule has 5 heteroatoms. The van der Waals surface area contributed by atoms with Gasteiger partial charge in [-0.15, -0.1) is 0 Å². The van der Waals surface area contributed by atoms with Gasteiger partial charge in [-0.25, -0.2) is 9.50 Å². The Morgan fingerprint density at radius 1 is 1.60 bits per heavy atom. The fraction of sp³-hybridized carbons (Fsp3) is 0.300. The van der Waals surface area contributed by atoms with Gasteiger partial charge in [-0.1, -0.05) is 13.3 Å². The van der Waals surface area contributed by atoms with Gasteiger partial charge in [-0.05, 0) is 12.5 Å². The molecule has 0 spiro atoms. The molecule has 0 radical (unpaired) electrons. The fourth-order valence-corrected chi connectivity index (χ4v) is 1.61. The largest absolute Gasteiger partial charge is 0.364 e. The van der Waals surface area contributed by atoms with Crippen LogP contribution in [0, 0.1) is 0 Å². The molecule has 15 heavy (non-hydrogen) atoms. The van der Waals surface area contributed by atoms with Gasteiger partial charge in [0.2, 0.25) is 0 Å². The number of aryl methyl sites for hydroxylation is 1. The third-order valence-electron chi connectivity index (χ3n) is 2.22. The van der Waals surface area contributed by atoms with Gasteiger partial charge >= 0.3 is 0 Å². The molecular weight excluding hydrogens is 192 g/mol. The Morgan fingerprint density at radius 2 is 2.40 bits per heavy atom. The standard InChI is InChI=1S/C10H12N4O/c1-2-4-7-8(9(11)15)13-14-6-3-5-12-10(7)14/h3,5-6H,2,4H2,1H3,(H2,11,15). The van der Waals surface area contributed by atoms with Crippen LogP contribution in [-0.4, -0.2) is 20.5 Å². The van der Waals surface area contributed by atoms with Crippen molar-refractivity contribution in [3.8, 4) is 0 Å². The molecule has 2 heterocycles. The van der Waals surface area contributed by atoms with E-state index in [0.29, 0.717) is 11.3 Å². The summed E-state index contributed by atoms with van der Waals surface area (Å²) >= 11 is 0. The molecule has 1 amide bonds. The molecule has 5 nitrogen and oxygen atoms in total. The minimum Gasteiger partial charge on any atom is -0.364 e. The van der Waals surface area contributed by atoms with E-state index in [4.69, 9.17) is 5.73 Å². The number of primary amides is 1. The number of hydrogen-bond donors (Lipinski definition) is 1. The quantitative estimate of drug-likeness (QED) is 0.802. The number of hydrogen-bond acceptors (Lipinski definition) is 3. The summed E-state index contributed by atoms with van der Waals surface area (Å²) < 4.78 is 1.59. The molecule has 0 aliphatic rings. The highest BCUT2D eigenvalue weighted by Gasteiger charge is 2.16. The molecule has 0 bridgehead atoms. The molecule has 78 valence electrons. The zero-order chi connectivity index (χ0) is 10.8. The molecule has 2 N–H and O–H groups in total. The lowest BCUT2D eigenvalue weighted by atomic mass is 10.1. The third-order valence-corrected chi connectivity index (χ3v) is 2.22. The van der Waals surface area contributed by atoms with Crippen LogP contribution >= 0.6 is 0 Å². The number of amides is 1. The summed E-state index contributed by atoms with van der Waals surface area (Å²) in [5, 5.41) is 4.11. The SMILES string of the molecule is CCCc1c(C(N)=O)nn2cccnc12. The first-order valence-electron chi connectivity index (χ1n) is 4.86. The lowest BCUT2D eigenvalue weighted by Crippen LogP contribution is -2.13. The zero-order valence-electron chi connectivity index (χ0n) is 8.47. The van der Waals surface area contributed by atoms with E-state index in [1.54, 1.807) is 23.0 Å². The van der Waals surface area contributed by atoms with E-state index >= 15 is 0 Å². The number of rotatable bonds is 3. The summed E-state index contributed by atoms with van der Waals surface area (Å²) in [7, 11) is 0. The van der Waals surface area contributed by atoms with E-state index in [-0.39, 0.29) is 0 Å². The molecule has 0 aliphatic carbocycles. The van der Waals surface area contributed by atoms with Gasteiger partial charge in [0.25, 0.3) is 5.91 Å². The van der Waals surface area contributed by atoms with Crippen molar-refractivity contribution in [1.82, 2.24) is 14.6 Å². The van der Waals surface area contributed by atoms with Crippen LogP contribution < -0.4 is 5.73 Å². The second-order valence-corrected chi connectivity index (χ2v) is 3.33. The van der Waals surface area contributed by atoms with Gasteiger partial charge in [-0.3, -0.25) is 4.79 Å². The predicted molar refractivity (Wildman–Crippen MR) is 55.5 cm³/mol. The van der Waals surface area contributed by atoms with E-state index in [1.807, 2.05) is 6.92 Å². The van der Waals surface area contributed by atoms with E-state index in [0.717, 1.165) is 18.4 Å². The van der Waals surface area contributed by atoms with Crippen molar-refractivity contribution in [3.63, 3.8) is 0 Å². The number of nitrogens with zero attached hydrogens (tertiary/aromatic N) is 3. The Balaban J connectivity index is 2.68. The average Bonchev–Trinajstić information content (AvgIpc) is 2.58. The summed E-state index contributed by atoms with van der Waals surface area (Å²) in [4.78, 5) is 15.4. The van der Waals surface area contributed by atoms with E-state index in [2.05, 4.69) is 10.1 Å². The molecule has 0 saturated heterocycles. The van der Waals surface area contributed by atoms with Gasteiger partial charge in [0.05, 0.1) is 0 Å². The van der Waals surface area contributed by atoms with E-state index in [1.165, 1.54) is 0 Å². The highest BCUT2D eigenvalue weighted by molar-refractivity contribution is 5.94. The van der Waals surface area contributed by atoms with Gasteiger partial charge < -0.3 is 5.73 Å². The minimum absolute atomic E-state index is 0.329. The van der Waals surface area contributed by atoms with Gasteiger partial charge in [-0.2, -0.15) is 5.10 Å². The molecule has 0 saturated carbocycles. The maximum absolute atomic E-state index is 11.2. The van der Waals surface area contributed by atoms with Crippen LogP contribution in [0.4, 0.5) is 0 Å². The minimum atomic E-state index is -0.496. The van der Waals surface area contributed by atoms with E-state index in [9.17, 15) is 4.79 Å². The van der Waals surface area contributed by atoms with Crippen molar-refractivity contribution < 1.29 is 4.79 Å². The second-order valence-electron chi connectivity index (χ2n) is 3.33. The predicted octanol–water partition coefficient (Wildman–Crippen LogP) is 0.781. The van der Waals surface area contributed by atoms with Crippen molar-refractivity contribution in [2.75, 3.05) is 0 Å². The van der Waals surface area contributed by atoms with Crippen LogP contribution in [0.2, 0.25) is 0 Å². The monoisotopic (exact) mass is 204 g/mol. The van der Waals surface area contributed by atoms with Crippen LogP contribution in [0.1, 0.15) is 29.4 Å². The molecule has 0 aliphatic heterocycles. The van der Waals surface area contributed by atoms with Gasteiger partial charge in [0.15, 0.2) is 11.3 Å². The summed E-state index contributed by atoms with van der Waals surface area (Å²) in [6.07, 6.45) is 5.13. The van der Waals surface area contributed by atoms with E-state index < -0.39 is 5.91 Å². The number of aromatic nitrogens is 3. The van der Waals surface area contributed by atoms with Gasteiger partial charge in [0, 0.05) is 18.0 Å². The zero-order valence-corrected chi connectivity index (χ0v) is 8.47. The molecule has 2 rings (SSSR count). The Hall–Kier alpha value is -1.91. The molecular formula is C10H12N4O. The maximum atomic E-state index is 11.2. The Bertz CT molecular complexity index is 503. The first-order valence-corrected chi connectivity index (χ1v) is 4.86. The topological polar surface area (TPSA) is 73.3 Å². The summed E-state index contributed by atoms with van der Waals surface area (Å²) in [6, 6.07) is 1.76. The number of fused-ring (bicyclic) bond motifs is 1. The molecule has 0 fully saturated rings. The lowest BCUT2D eigenvalue weighted by molar-refractivity contribution is 0.0994. The van der Waals surface area contributed by atoms with Gasteiger partial charge in [0.1, 0.15) is 0 Å². The normalized spacial score (nSPS) is 10.7. The maximum Gasteiger partial charge on any atom is 0.269 e. The number of carbonyl (C=O) groups excluding carboxylic acids is 1. The molecule has 2 aromatic heterocycles. The van der Waals surface area contributed by atoms with Crippen molar-refractivity contribution in [2.24, 2.45) is 5.73 Å². The van der Waals surface area contributed by atoms with Crippen molar-refractivity contribution in [1.29, 1.82) is 0 Å². The average molecular weight is 204 g/mol. The summed E-state index contributed by atoms with van der Waals surface area (Å²) in [6.45, 7) is 2.04.